The quantitative estimate of drug-likeness (QED) is 0.353. The molecule has 0 aliphatic carbocycles. The second-order valence-corrected chi connectivity index (χ2v) is 9.75. The molecular formula is C25H34N2O7. The number of benzene rings is 2. The van der Waals surface area contributed by atoms with Crippen LogP contribution in [0.2, 0.25) is 0 Å². The Morgan fingerprint density at radius 3 is 2.15 bits per heavy atom. The van der Waals surface area contributed by atoms with Crippen LogP contribution in [0.3, 0.4) is 0 Å². The van der Waals surface area contributed by atoms with E-state index in [0.717, 1.165) is 15.8 Å². The average Bonchev–Trinajstić information content (AvgIpc) is 2.72. The number of carbonyl (C=O) groups excluding carboxylic acids is 3. The van der Waals surface area contributed by atoms with Crippen molar-refractivity contribution in [1.29, 1.82) is 0 Å². The Labute approximate surface area is 200 Å². The maximum Gasteiger partial charge on any atom is 0.434 e. The molecule has 0 saturated heterocycles. The molecular weight excluding hydrogens is 440 g/mol. The second kappa shape index (κ2) is 11.2. The lowest BCUT2D eigenvalue weighted by molar-refractivity contribution is -0.150. The second-order valence-electron chi connectivity index (χ2n) is 9.75. The molecule has 2 amide bonds. The van der Waals surface area contributed by atoms with Crippen LogP contribution in [0, 0.1) is 0 Å². The largest absolute Gasteiger partial charge is 0.454 e. The van der Waals surface area contributed by atoms with E-state index < -0.39 is 35.5 Å². The summed E-state index contributed by atoms with van der Waals surface area (Å²) in [6, 6.07) is 12.8. The number of fused-ring (bicyclic) bond motifs is 1. The zero-order valence-corrected chi connectivity index (χ0v) is 20.8. The Bertz CT molecular complexity index is 1010. The summed E-state index contributed by atoms with van der Waals surface area (Å²) in [6.07, 6.45) is -2.27. The highest BCUT2D eigenvalue weighted by Gasteiger charge is 2.24. The van der Waals surface area contributed by atoms with E-state index in [0.29, 0.717) is 5.56 Å². The normalized spacial score (nSPS) is 12.6. The van der Waals surface area contributed by atoms with Gasteiger partial charge in [0.05, 0.1) is 12.1 Å². The van der Waals surface area contributed by atoms with E-state index in [1.165, 1.54) is 7.05 Å². The minimum Gasteiger partial charge on any atom is -0.454 e. The SMILES string of the molecule is CN(OCC(CNC(=O)OC(C)(C)C)OC(=O)c1ccc2ccccc2c1)C(=O)OC(C)(C)C. The molecule has 0 aliphatic heterocycles. The first-order valence-corrected chi connectivity index (χ1v) is 11.0. The molecule has 2 aromatic carbocycles. The van der Waals surface area contributed by atoms with Crippen LogP contribution in [0.15, 0.2) is 42.5 Å². The van der Waals surface area contributed by atoms with Gasteiger partial charge in [0.15, 0.2) is 0 Å². The molecule has 0 radical (unpaired) electrons. The van der Waals surface area contributed by atoms with E-state index >= 15 is 0 Å². The van der Waals surface area contributed by atoms with Crippen LogP contribution in [-0.4, -0.2) is 60.7 Å². The molecule has 9 nitrogen and oxygen atoms in total. The minimum atomic E-state index is -0.906. The maximum atomic E-state index is 12.8. The van der Waals surface area contributed by atoms with Gasteiger partial charge >= 0.3 is 18.2 Å². The molecule has 0 heterocycles. The molecule has 0 aromatic heterocycles. The number of nitrogens with one attached hydrogen (secondary N) is 1. The molecule has 34 heavy (non-hydrogen) atoms. The van der Waals surface area contributed by atoms with Gasteiger partial charge in [-0.1, -0.05) is 30.3 Å². The summed E-state index contributed by atoms with van der Waals surface area (Å²) in [6.45, 7) is 10.1. The number of hydrogen-bond donors (Lipinski definition) is 1. The molecule has 2 rings (SSSR count). The number of hydrogen-bond acceptors (Lipinski definition) is 7. The minimum absolute atomic E-state index is 0.0869. The van der Waals surface area contributed by atoms with Crippen molar-refractivity contribution in [2.75, 3.05) is 20.2 Å². The Morgan fingerprint density at radius 2 is 1.53 bits per heavy atom. The average molecular weight is 475 g/mol. The van der Waals surface area contributed by atoms with E-state index in [2.05, 4.69) is 5.32 Å². The summed E-state index contributed by atoms with van der Waals surface area (Å²) in [4.78, 5) is 42.5. The molecule has 0 aliphatic rings. The fraction of sp³-hybridized carbons (Fsp3) is 0.480. The molecule has 1 atom stereocenters. The third-order valence-corrected chi connectivity index (χ3v) is 4.24. The lowest BCUT2D eigenvalue weighted by Gasteiger charge is -2.26. The number of rotatable bonds is 7. The van der Waals surface area contributed by atoms with Crippen LogP contribution in [-0.2, 0) is 19.0 Å². The number of alkyl carbamates (subject to hydrolysis) is 1. The number of carbonyl (C=O) groups is 3. The van der Waals surface area contributed by atoms with Crippen molar-refractivity contribution in [1.82, 2.24) is 10.4 Å². The van der Waals surface area contributed by atoms with Crippen LogP contribution >= 0.6 is 0 Å². The molecule has 1 N–H and O–H groups in total. The summed E-state index contributed by atoms with van der Waals surface area (Å²) in [7, 11) is 1.39. The monoisotopic (exact) mass is 474 g/mol. The fourth-order valence-corrected chi connectivity index (χ4v) is 2.76. The van der Waals surface area contributed by atoms with Gasteiger partial charge in [-0.05, 0) is 64.4 Å². The van der Waals surface area contributed by atoms with Gasteiger partial charge < -0.3 is 19.5 Å². The van der Waals surface area contributed by atoms with Gasteiger partial charge in [-0.25, -0.2) is 14.4 Å². The van der Waals surface area contributed by atoms with Gasteiger partial charge in [-0.15, -0.1) is 0 Å². The zero-order valence-electron chi connectivity index (χ0n) is 20.8. The lowest BCUT2D eigenvalue weighted by Crippen LogP contribution is -2.42. The number of amides is 2. The first kappa shape index (κ1) is 26.9. The highest BCUT2D eigenvalue weighted by Crippen LogP contribution is 2.17. The first-order chi connectivity index (χ1) is 15.7. The van der Waals surface area contributed by atoms with Crippen molar-refractivity contribution < 1.29 is 33.4 Å². The van der Waals surface area contributed by atoms with E-state index in [-0.39, 0.29) is 13.2 Å². The Hall–Kier alpha value is -3.33. The highest BCUT2D eigenvalue weighted by molar-refractivity contribution is 5.95. The fourth-order valence-electron chi connectivity index (χ4n) is 2.76. The number of esters is 1. The summed E-state index contributed by atoms with van der Waals surface area (Å²) in [5, 5.41) is 5.36. The molecule has 2 aromatic rings. The lowest BCUT2D eigenvalue weighted by atomic mass is 10.1. The molecule has 0 saturated carbocycles. The number of ether oxygens (including phenoxy) is 3. The molecule has 186 valence electrons. The smallest absolute Gasteiger partial charge is 0.434 e. The predicted octanol–water partition coefficient (Wildman–Crippen LogP) is 4.69. The van der Waals surface area contributed by atoms with Gasteiger partial charge in [0.1, 0.15) is 23.9 Å². The Kier molecular flexibility index (Phi) is 8.86. The van der Waals surface area contributed by atoms with Crippen LogP contribution in [0.25, 0.3) is 10.8 Å². The highest BCUT2D eigenvalue weighted by atomic mass is 16.7. The third kappa shape index (κ3) is 9.27. The summed E-state index contributed by atoms with van der Waals surface area (Å²) < 4.78 is 16.1. The van der Waals surface area contributed by atoms with Crippen molar-refractivity contribution in [3.63, 3.8) is 0 Å². The summed E-state index contributed by atoms with van der Waals surface area (Å²) in [5.74, 6) is -0.592. The first-order valence-electron chi connectivity index (χ1n) is 11.0. The van der Waals surface area contributed by atoms with Crippen LogP contribution in [0.5, 0.6) is 0 Å². The predicted molar refractivity (Wildman–Crippen MR) is 127 cm³/mol. The maximum absolute atomic E-state index is 12.8. The summed E-state index contributed by atoms with van der Waals surface area (Å²) >= 11 is 0. The van der Waals surface area contributed by atoms with E-state index in [9.17, 15) is 14.4 Å². The molecule has 0 bridgehead atoms. The van der Waals surface area contributed by atoms with Crippen molar-refractivity contribution in [2.24, 2.45) is 0 Å². The third-order valence-electron chi connectivity index (χ3n) is 4.24. The van der Waals surface area contributed by atoms with Gasteiger partial charge in [0, 0.05) is 7.05 Å². The van der Waals surface area contributed by atoms with Crippen molar-refractivity contribution in [3.8, 4) is 0 Å². The van der Waals surface area contributed by atoms with E-state index in [4.69, 9.17) is 19.0 Å². The molecule has 1 unspecified atom stereocenters. The molecule has 0 fully saturated rings. The molecule has 0 spiro atoms. The topological polar surface area (TPSA) is 103 Å². The van der Waals surface area contributed by atoms with Crippen LogP contribution < -0.4 is 5.32 Å². The number of hydroxylamine groups is 2. The van der Waals surface area contributed by atoms with Crippen molar-refractivity contribution in [2.45, 2.75) is 58.8 Å². The van der Waals surface area contributed by atoms with Gasteiger partial charge in [-0.2, -0.15) is 5.06 Å². The van der Waals surface area contributed by atoms with E-state index in [1.807, 2.05) is 30.3 Å². The van der Waals surface area contributed by atoms with Crippen LogP contribution in [0.1, 0.15) is 51.9 Å². The van der Waals surface area contributed by atoms with Crippen molar-refractivity contribution in [3.05, 3.63) is 48.0 Å². The van der Waals surface area contributed by atoms with Crippen LogP contribution in [0.4, 0.5) is 9.59 Å². The van der Waals surface area contributed by atoms with Crippen molar-refractivity contribution >= 4 is 28.9 Å². The van der Waals surface area contributed by atoms with Gasteiger partial charge in [0.2, 0.25) is 0 Å². The molecule has 9 heteroatoms. The Morgan fingerprint density at radius 1 is 0.912 bits per heavy atom. The zero-order chi connectivity index (χ0) is 25.5. The standard InChI is InChI=1S/C25H34N2O7/c1-24(2,3)33-22(29)26-15-20(16-31-27(7)23(30)34-25(4,5)6)32-21(28)19-13-12-17-10-8-9-11-18(17)14-19/h8-14,20H,15-16H2,1-7H3,(H,26,29). The van der Waals surface area contributed by atoms with Gasteiger partial charge in [-0.3, -0.25) is 4.84 Å². The van der Waals surface area contributed by atoms with Gasteiger partial charge in [0.25, 0.3) is 0 Å². The number of nitrogens with zero attached hydrogens (tertiary/aromatic N) is 1. The summed E-state index contributed by atoms with van der Waals surface area (Å²) in [5.41, 5.74) is -1.04. The van der Waals surface area contributed by atoms with E-state index in [1.54, 1.807) is 53.7 Å². The Balaban J connectivity index is 2.07.